The predicted molar refractivity (Wildman–Crippen MR) is 102 cm³/mol. The maximum Gasteiger partial charge on any atom is 0.430 e. The second-order valence-corrected chi connectivity index (χ2v) is 7.73. The summed E-state index contributed by atoms with van der Waals surface area (Å²) in [6.45, 7) is 0. The minimum atomic E-state index is -6.94. The molecule has 36 heavy (non-hydrogen) atoms. The third-order valence-electron chi connectivity index (χ3n) is 5.65. The maximum atomic E-state index is 13.7. The summed E-state index contributed by atoms with van der Waals surface area (Å²) in [7, 11) is 0. The topological polar surface area (TPSA) is 92.5 Å². The van der Waals surface area contributed by atoms with Crippen molar-refractivity contribution in [3.63, 3.8) is 0 Å². The highest BCUT2D eigenvalue weighted by molar-refractivity contribution is 6.14. The number of nitrogen functional groups attached to an aromatic ring is 2. The van der Waals surface area contributed by atoms with Crippen LogP contribution in [0.1, 0.15) is 11.1 Å². The fourth-order valence-corrected chi connectivity index (χ4v) is 3.88. The Balaban J connectivity index is 2.77. The van der Waals surface area contributed by atoms with Gasteiger partial charge in [-0.3, -0.25) is 0 Å². The van der Waals surface area contributed by atoms with Gasteiger partial charge < -0.3 is 21.7 Å². The van der Waals surface area contributed by atoms with E-state index in [4.69, 9.17) is 11.5 Å². The van der Waals surface area contributed by atoms with E-state index >= 15 is 0 Å². The molecule has 0 radical (unpaired) electrons. The summed E-state index contributed by atoms with van der Waals surface area (Å²) in [4.78, 5) is 0. The molecule has 0 unspecified atom stereocenters. The summed E-state index contributed by atoms with van der Waals surface area (Å²) in [5, 5.41) is 17.6. The molecule has 16 heteroatoms. The SMILES string of the molecule is Nc1cccc2c1ccc1c(N)c(C(O)(C(F)(F)F)C(F)(F)F)c(C(O)(C(F)(F)F)C(F)(F)F)cc12. The summed E-state index contributed by atoms with van der Waals surface area (Å²) >= 11 is 0. The van der Waals surface area contributed by atoms with Crippen LogP contribution in [-0.4, -0.2) is 34.9 Å². The fourth-order valence-electron chi connectivity index (χ4n) is 3.88. The molecule has 0 aliphatic rings. The number of fused-ring (bicyclic) bond motifs is 3. The van der Waals surface area contributed by atoms with Crippen molar-refractivity contribution < 1.29 is 62.9 Å². The Morgan fingerprint density at radius 3 is 1.42 bits per heavy atom. The van der Waals surface area contributed by atoms with Crippen molar-refractivity contribution in [1.29, 1.82) is 0 Å². The van der Waals surface area contributed by atoms with Crippen LogP contribution in [0.2, 0.25) is 0 Å². The largest absolute Gasteiger partial charge is 0.430 e. The Kier molecular flexibility index (Phi) is 5.85. The zero-order valence-electron chi connectivity index (χ0n) is 17.0. The van der Waals surface area contributed by atoms with E-state index in [-0.39, 0.29) is 22.5 Å². The first-order valence-electron chi connectivity index (χ1n) is 9.27. The summed E-state index contributed by atoms with van der Waals surface area (Å²) in [6.07, 6.45) is -27.7. The number of benzene rings is 3. The van der Waals surface area contributed by atoms with Gasteiger partial charge in [-0.2, -0.15) is 52.7 Å². The molecule has 0 amide bonds. The van der Waals surface area contributed by atoms with E-state index in [9.17, 15) is 62.9 Å². The Bertz CT molecular complexity index is 1310. The standard InChI is InChI=1S/C20H12F12N2O2/c21-17(22,23)15(35,18(24,25)26)11-6-10-7-2-1-3-12(33)8(7)4-5-9(10)14(34)13(11)16(36,19(27,28)29)20(30,31)32/h1-6,35-36H,33-34H2. The molecule has 0 heterocycles. The van der Waals surface area contributed by atoms with Crippen LogP contribution in [0.3, 0.4) is 0 Å². The quantitative estimate of drug-likeness (QED) is 0.188. The van der Waals surface area contributed by atoms with Crippen molar-refractivity contribution >= 4 is 32.9 Å². The van der Waals surface area contributed by atoms with Crippen LogP contribution < -0.4 is 11.5 Å². The van der Waals surface area contributed by atoms with Gasteiger partial charge in [0.25, 0.3) is 11.2 Å². The Hall–Kier alpha value is -3.14. The molecule has 0 fully saturated rings. The molecule has 0 saturated heterocycles. The molecule has 0 saturated carbocycles. The van der Waals surface area contributed by atoms with E-state index < -0.39 is 63.5 Å². The number of hydrogen-bond acceptors (Lipinski definition) is 4. The van der Waals surface area contributed by atoms with Crippen molar-refractivity contribution in [2.45, 2.75) is 35.9 Å². The minimum absolute atomic E-state index is 0.0624. The van der Waals surface area contributed by atoms with E-state index in [1.54, 1.807) is 0 Å². The van der Waals surface area contributed by atoms with E-state index in [2.05, 4.69) is 0 Å². The van der Waals surface area contributed by atoms with Crippen LogP contribution >= 0.6 is 0 Å². The van der Waals surface area contributed by atoms with Gasteiger partial charge in [0, 0.05) is 33.3 Å². The highest BCUT2D eigenvalue weighted by Gasteiger charge is 2.77. The molecule has 198 valence electrons. The van der Waals surface area contributed by atoms with Gasteiger partial charge in [0.1, 0.15) is 0 Å². The first kappa shape index (κ1) is 27.4. The Morgan fingerprint density at radius 2 is 0.972 bits per heavy atom. The van der Waals surface area contributed by atoms with Crippen LogP contribution in [0.25, 0.3) is 21.5 Å². The number of halogens is 12. The zero-order chi connectivity index (χ0) is 27.9. The number of alkyl halides is 12. The van der Waals surface area contributed by atoms with Crippen molar-refractivity contribution in [2.75, 3.05) is 11.5 Å². The van der Waals surface area contributed by atoms with Gasteiger partial charge in [-0.15, -0.1) is 0 Å². The van der Waals surface area contributed by atoms with Gasteiger partial charge in [-0.05, 0) is 22.9 Å². The van der Waals surface area contributed by atoms with Crippen molar-refractivity contribution in [3.8, 4) is 0 Å². The molecule has 3 aromatic rings. The second kappa shape index (κ2) is 7.68. The Labute approximate surface area is 191 Å². The number of aliphatic hydroxyl groups is 2. The van der Waals surface area contributed by atoms with Gasteiger partial charge in [0.2, 0.25) is 0 Å². The van der Waals surface area contributed by atoms with Gasteiger partial charge in [0.15, 0.2) is 0 Å². The van der Waals surface area contributed by atoms with Gasteiger partial charge >= 0.3 is 24.7 Å². The number of nitrogens with two attached hydrogens (primary N) is 2. The highest BCUT2D eigenvalue weighted by Crippen LogP contribution is 2.59. The molecule has 3 rings (SSSR count). The van der Waals surface area contributed by atoms with E-state index in [1.165, 1.54) is 6.07 Å². The number of anilines is 2. The molecular formula is C20H12F12N2O2. The van der Waals surface area contributed by atoms with E-state index in [0.29, 0.717) is 6.07 Å². The lowest BCUT2D eigenvalue weighted by atomic mass is 9.77. The monoisotopic (exact) mass is 540 g/mol. The second-order valence-electron chi connectivity index (χ2n) is 7.73. The lowest BCUT2D eigenvalue weighted by Crippen LogP contribution is -2.59. The molecule has 0 aromatic heterocycles. The van der Waals surface area contributed by atoms with Crippen molar-refractivity contribution in [2.24, 2.45) is 0 Å². The zero-order valence-corrected chi connectivity index (χ0v) is 17.0. The fraction of sp³-hybridized carbons (Fsp3) is 0.300. The van der Waals surface area contributed by atoms with Crippen molar-refractivity contribution in [1.82, 2.24) is 0 Å². The lowest BCUT2D eigenvalue weighted by Gasteiger charge is -2.40. The number of rotatable bonds is 2. The molecule has 4 nitrogen and oxygen atoms in total. The van der Waals surface area contributed by atoms with Crippen LogP contribution in [0.4, 0.5) is 64.1 Å². The molecule has 0 aliphatic carbocycles. The first-order chi connectivity index (χ1) is 16.0. The van der Waals surface area contributed by atoms with Crippen molar-refractivity contribution in [3.05, 3.63) is 47.5 Å². The van der Waals surface area contributed by atoms with Crippen LogP contribution in [0, 0.1) is 0 Å². The van der Waals surface area contributed by atoms with Gasteiger partial charge in [0.05, 0.1) is 0 Å². The summed E-state index contributed by atoms with van der Waals surface area (Å²) in [5.41, 5.74) is -9.76. The molecule has 3 aromatic carbocycles. The molecule has 0 aliphatic heterocycles. The third kappa shape index (κ3) is 3.56. The first-order valence-corrected chi connectivity index (χ1v) is 9.27. The lowest BCUT2D eigenvalue weighted by molar-refractivity contribution is -0.387. The van der Waals surface area contributed by atoms with E-state index in [0.717, 1.165) is 18.2 Å². The minimum Gasteiger partial charge on any atom is -0.398 e. The summed E-state index contributed by atoms with van der Waals surface area (Å²) in [6, 6.07) is 4.74. The predicted octanol–water partition coefficient (Wildman–Crippen LogP) is 5.78. The normalized spacial score (nSPS) is 14.6. The third-order valence-corrected chi connectivity index (χ3v) is 5.65. The molecule has 0 spiro atoms. The highest BCUT2D eigenvalue weighted by atomic mass is 19.4. The molecule has 0 bridgehead atoms. The molecule has 6 N–H and O–H groups in total. The van der Waals surface area contributed by atoms with Gasteiger partial charge in [-0.25, -0.2) is 0 Å². The summed E-state index contributed by atoms with van der Waals surface area (Å²) in [5.74, 6) is 0. The molecular weight excluding hydrogens is 528 g/mol. The van der Waals surface area contributed by atoms with Crippen LogP contribution in [0.5, 0.6) is 0 Å². The molecule has 0 atom stereocenters. The van der Waals surface area contributed by atoms with Crippen LogP contribution in [-0.2, 0) is 11.2 Å². The average molecular weight is 540 g/mol. The van der Waals surface area contributed by atoms with Gasteiger partial charge in [-0.1, -0.05) is 24.3 Å². The summed E-state index contributed by atoms with van der Waals surface area (Å²) < 4.78 is 164. The number of hydrogen-bond donors (Lipinski definition) is 4. The van der Waals surface area contributed by atoms with E-state index in [1.807, 2.05) is 0 Å². The Morgan fingerprint density at radius 1 is 0.528 bits per heavy atom. The van der Waals surface area contributed by atoms with Crippen LogP contribution in [0.15, 0.2) is 36.4 Å². The average Bonchev–Trinajstić information content (AvgIpc) is 2.69. The smallest absolute Gasteiger partial charge is 0.398 e. The maximum absolute atomic E-state index is 13.7.